The Kier molecular flexibility index (Phi) is 12.2. The maximum Gasteiger partial charge on any atom is 2.00 e. The molecule has 10 heteroatoms. The van der Waals surface area contributed by atoms with Gasteiger partial charge in [-0.05, 0) is 84.1 Å². The molecule has 0 saturated carbocycles. The Labute approximate surface area is 328 Å². The molecule has 5 heterocycles. The molecule has 0 radical (unpaired) electrons. The van der Waals surface area contributed by atoms with Crippen LogP contribution < -0.4 is 25.7 Å². The Bertz CT molecular complexity index is 2170. The number of hydrogen-bond donors (Lipinski definition) is 1. The number of carbonyl (C=O) groups excluding carboxylic acids is 2. The van der Waals surface area contributed by atoms with Gasteiger partial charge in [-0.3, -0.25) is 14.4 Å². The molecule has 0 unspecified atom stereocenters. The van der Waals surface area contributed by atoms with Crippen LogP contribution in [-0.4, -0.2) is 52.5 Å². The minimum atomic E-state index is -1.44. The van der Waals surface area contributed by atoms with Crippen molar-refractivity contribution >= 4 is 64.6 Å². The minimum Gasteiger partial charge on any atom is -0.664 e. The molecule has 1 fully saturated rings. The summed E-state index contributed by atoms with van der Waals surface area (Å²) in [5.74, 6) is -3.38. The van der Waals surface area contributed by atoms with Crippen molar-refractivity contribution in [2.75, 3.05) is 6.61 Å². The van der Waals surface area contributed by atoms with Gasteiger partial charge >= 0.3 is 35.0 Å². The zero-order valence-electron chi connectivity index (χ0n) is 32.6. The number of ketones is 1. The van der Waals surface area contributed by atoms with Gasteiger partial charge in [0, 0.05) is 12.0 Å². The molecule has 1 N–H and O–H groups in total. The van der Waals surface area contributed by atoms with E-state index in [2.05, 4.69) is 41.5 Å². The van der Waals surface area contributed by atoms with Gasteiger partial charge in [-0.25, -0.2) is 0 Å². The number of esters is 1. The number of aromatic nitrogens is 3. The van der Waals surface area contributed by atoms with Crippen LogP contribution in [0.3, 0.4) is 0 Å². The third kappa shape index (κ3) is 7.67. The Morgan fingerprint density at radius 2 is 1.58 bits per heavy atom. The summed E-state index contributed by atoms with van der Waals surface area (Å²) >= 11 is 0. The van der Waals surface area contributed by atoms with E-state index < -0.39 is 17.7 Å². The number of rotatable bonds is 11. The second kappa shape index (κ2) is 16.1. The van der Waals surface area contributed by atoms with Gasteiger partial charge in [0.15, 0.2) is 5.78 Å². The van der Waals surface area contributed by atoms with Gasteiger partial charge in [-0.15, -0.1) is 33.5 Å². The predicted molar refractivity (Wildman–Crippen MR) is 209 cm³/mol. The summed E-state index contributed by atoms with van der Waals surface area (Å²) in [6.07, 6.45) is 12.4. The first-order valence-corrected chi connectivity index (χ1v) is 18.6. The average Bonchev–Trinajstić information content (AvgIpc) is 3.82. The molecule has 0 amide bonds. The molecule has 8 bridgehead atoms. The van der Waals surface area contributed by atoms with Crippen LogP contribution in [0.1, 0.15) is 128 Å². The number of hydrogen-bond acceptors (Lipinski definition) is 4. The summed E-state index contributed by atoms with van der Waals surface area (Å²) in [7, 11) is 0. The van der Waals surface area contributed by atoms with Gasteiger partial charge in [-0.1, -0.05) is 91.3 Å². The van der Waals surface area contributed by atoms with E-state index in [1.165, 1.54) is 5.57 Å². The van der Waals surface area contributed by atoms with Gasteiger partial charge < -0.3 is 30.1 Å². The van der Waals surface area contributed by atoms with E-state index in [9.17, 15) is 19.5 Å². The average molecular weight is 727 g/mol. The van der Waals surface area contributed by atoms with Crippen LogP contribution in [0.2, 0.25) is 0 Å². The second-order valence-electron chi connectivity index (χ2n) is 15.2. The zero-order chi connectivity index (χ0) is 37.6. The Morgan fingerprint density at radius 3 is 2.25 bits per heavy atom. The third-order valence-corrected chi connectivity index (χ3v) is 11.3. The first-order valence-electron chi connectivity index (χ1n) is 18.6. The molecule has 3 aromatic rings. The molecule has 3 aromatic heterocycles. The van der Waals surface area contributed by atoms with Crippen LogP contribution in [0.4, 0.5) is 0 Å². The molecule has 1 aliphatic carbocycles. The molecule has 276 valence electrons. The largest absolute Gasteiger partial charge is 2.00 e. The van der Waals surface area contributed by atoms with E-state index in [-0.39, 0.29) is 53.9 Å². The van der Waals surface area contributed by atoms with E-state index >= 15 is 0 Å². The van der Waals surface area contributed by atoms with Crippen LogP contribution in [0.5, 0.6) is 0 Å². The van der Waals surface area contributed by atoms with Gasteiger partial charge in [0.25, 0.3) is 0 Å². The fraction of sp³-hybridized carbons (Fsp3) is 0.465. The van der Waals surface area contributed by atoms with E-state index in [0.717, 1.165) is 75.7 Å². The van der Waals surface area contributed by atoms with Gasteiger partial charge in [-0.2, -0.15) is 11.4 Å². The smallest absolute Gasteiger partial charge is 0.664 e. The molecule has 3 atom stereocenters. The third-order valence-electron chi connectivity index (χ3n) is 11.3. The van der Waals surface area contributed by atoms with Gasteiger partial charge in [0.05, 0.1) is 0 Å². The summed E-state index contributed by atoms with van der Waals surface area (Å²) in [5.41, 5.74) is 10.5. The summed E-state index contributed by atoms with van der Waals surface area (Å²) < 4.78 is 5.62. The fourth-order valence-corrected chi connectivity index (χ4v) is 7.91. The number of carboxylic acids is 1. The van der Waals surface area contributed by atoms with Crippen molar-refractivity contribution in [3.05, 3.63) is 95.2 Å². The number of allylic oxidation sites excluding steroid dienone is 3. The van der Waals surface area contributed by atoms with Gasteiger partial charge in [0.1, 0.15) is 12.5 Å². The van der Waals surface area contributed by atoms with Crippen LogP contribution in [0.15, 0.2) is 23.0 Å². The second-order valence-corrected chi connectivity index (χ2v) is 15.2. The minimum absolute atomic E-state index is 0. The number of Topliss-reactive ketones (excluding diaryl/α,β-unsaturated/α-hetero) is 1. The molecule has 6 rings (SSSR count). The normalized spacial score (nSPS) is 22.8. The maximum atomic E-state index is 14.0. The van der Waals surface area contributed by atoms with Crippen molar-refractivity contribution in [3.8, 4) is 0 Å². The van der Waals surface area contributed by atoms with E-state index in [0.29, 0.717) is 46.1 Å². The maximum absolute atomic E-state index is 14.0. The van der Waals surface area contributed by atoms with Crippen molar-refractivity contribution in [3.63, 3.8) is 0 Å². The molecule has 9 nitrogen and oxygen atoms in total. The number of carboxylic acid groups (broad SMARTS) is 1. The molecule has 53 heavy (non-hydrogen) atoms. The Morgan fingerprint density at radius 1 is 0.925 bits per heavy atom. The SMILES string of the molecule is CCc1c(C)/c2[n-]/c1=C\c1[n-]c3c(c1C)C(=O)[C@H](C(=O)O)/C3=C1/[N-]/C(=C\c3[n-]c(c(C)c3C)\C=2)[C@@H](C)[C@@H]1CCC(=O)OC/C=C(/C)CCCC(C)C.[Mg+2]. The number of ether oxygens (including phenoxy) is 1. The van der Waals surface area contributed by atoms with Crippen LogP contribution in [-0.2, 0) is 20.7 Å². The van der Waals surface area contributed by atoms with Crippen molar-refractivity contribution < 1.29 is 24.2 Å². The molecular formula is C43H50MgN4O5-2. The van der Waals surface area contributed by atoms with Crippen molar-refractivity contribution in [2.45, 2.75) is 101 Å². The van der Waals surface area contributed by atoms with E-state index in [1.54, 1.807) is 0 Å². The standard InChI is InChI=1S/C43H52N4O5.Mg/c1-10-28-25(7)32-18-30-23(5)24(6)31(44-30)19-33-26(8)29(14-15-36(48)52-17-16-22(4)13-11-12-21(2)3)40(46-33)38-39(43(50)51)42(49)37-27(9)34(47-41(37)38)20-35(28)45-32;/h16,18-21,26,29,39H,10-15,17H2,1-9H3,(H3,46,47,49,50,51);/q-2;+2/p-2/b22-16-,32-18-,33-19-,35-20-;/t26-,29-,39+;/m0./s1. The van der Waals surface area contributed by atoms with E-state index in [1.807, 2.05) is 45.1 Å². The molecule has 0 spiro atoms. The van der Waals surface area contributed by atoms with Crippen LogP contribution >= 0.6 is 0 Å². The monoisotopic (exact) mass is 726 g/mol. The predicted octanol–water partition coefficient (Wildman–Crippen LogP) is 6.33. The number of aliphatic carboxylic acids is 1. The molecule has 3 aliphatic rings. The first kappa shape index (κ1) is 40.2. The molecular weight excluding hydrogens is 677 g/mol. The molecule has 0 aromatic carbocycles. The fourth-order valence-electron chi connectivity index (χ4n) is 7.91. The first-order chi connectivity index (χ1) is 24.7. The van der Waals surface area contributed by atoms with Crippen LogP contribution in [0, 0.1) is 51.4 Å². The Balaban J connectivity index is 0.00000541. The van der Waals surface area contributed by atoms with Crippen LogP contribution in [0.25, 0.3) is 29.1 Å². The molecule has 1 saturated heterocycles. The number of fused-ring (bicyclic) bond motifs is 7. The van der Waals surface area contributed by atoms with Crippen molar-refractivity contribution in [1.82, 2.24) is 15.0 Å². The summed E-state index contributed by atoms with van der Waals surface area (Å²) in [6, 6.07) is 0. The Hall–Kier alpha value is -4.02. The van der Waals surface area contributed by atoms with Crippen molar-refractivity contribution in [2.24, 2.45) is 23.7 Å². The van der Waals surface area contributed by atoms with Crippen molar-refractivity contribution in [1.29, 1.82) is 0 Å². The van der Waals surface area contributed by atoms with E-state index in [4.69, 9.17) is 25.0 Å². The number of carbonyl (C=O) groups is 3. The topological polar surface area (TPSA) is 137 Å². The quantitative estimate of drug-likeness (QED) is 0.105. The van der Waals surface area contributed by atoms with Gasteiger partial charge in [0.2, 0.25) is 0 Å². The number of nitrogens with zero attached hydrogens (tertiary/aromatic N) is 4. The summed E-state index contributed by atoms with van der Waals surface area (Å²) in [5, 5.41) is 17.2. The molecule has 2 aliphatic heterocycles. The zero-order valence-corrected chi connectivity index (χ0v) is 34.1. The summed E-state index contributed by atoms with van der Waals surface area (Å²) in [6.45, 7) is 18.8. The summed E-state index contributed by atoms with van der Waals surface area (Å²) in [4.78, 5) is 54.9.